The average Bonchev–Trinajstić information content (AvgIpc) is 2.70. The number of carbonyl (C=O) groups is 1. The topological polar surface area (TPSA) is 112 Å². The molecule has 148 valence electrons. The number of aromatic nitrogens is 3. The molecule has 3 rings (SSSR count). The molecule has 0 aliphatic rings. The summed E-state index contributed by atoms with van der Waals surface area (Å²) in [5.74, 6) is -9.00. The van der Waals surface area contributed by atoms with Crippen molar-refractivity contribution in [2.45, 2.75) is 18.9 Å². The molecule has 0 radical (unpaired) electrons. The van der Waals surface area contributed by atoms with Gasteiger partial charge >= 0.3 is 5.92 Å². The van der Waals surface area contributed by atoms with Crippen LogP contribution in [-0.2, 0) is 10.7 Å². The van der Waals surface area contributed by atoms with Gasteiger partial charge < -0.3 is 10.3 Å². The van der Waals surface area contributed by atoms with E-state index >= 15 is 0 Å². The number of aromatic amines is 1. The minimum absolute atomic E-state index is 0.0475. The van der Waals surface area contributed by atoms with Gasteiger partial charge in [0.1, 0.15) is 11.9 Å². The first kappa shape index (κ1) is 19.9. The van der Waals surface area contributed by atoms with Crippen molar-refractivity contribution in [1.82, 2.24) is 20.3 Å². The summed E-state index contributed by atoms with van der Waals surface area (Å²) in [6.45, 7) is 1.31. The molecule has 11 heteroatoms. The fourth-order valence-corrected chi connectivity index (χ4v) is 2.54. The fraction of sp³-hybridized carbons (Fsp3) is 0.167. The zero-order valence-corrected chi connectivity index (χ0v) is 14.6. The van der Waals surface area contributed by atoms with Gasteiger partial charge in [0, 0.05) is 17.8 Å². The second-order valence-corrected chi connectivity index (χ2v) is 6.05. The number of carbonyl (C=O) groups excluding carboxylic acids is 1. The number of nitrogens with zero attached hydrogens (tertiary/aromatic N) is 3. The lowest BCUT2D eigenvalue weighted by Crippen LogP contribution is -2.42. The Balaban J connectivity index is 1.94. The predicted octanol–water partition coefficient (Wildman–Crippen LogP) is 2.44. The number of hydrogen-bond acceptors (Lipinski definition) is 5. The van der Waals surface area contributed by atoms with Gasteiger partial charge in [-0.05, 0) is 25.1 Å². The molecule has 29 heavy (non-hydrogen) atoms. The standard InChI is InChI=1S/C18H11F4N5O2/c1-8(15-24-6-9(5-23)7-25-15)26-17(29)18(21,22)11-4-10-13(27-16(11)28)3-2-12(19)14(10)20/h2-4,6-8H,1H3,(H,26,29)(H,27,28)/t8-/m0/s1. The summed E-state index contributed by atoms with van der Waals surface area (Å²) < 4.78 is 56.6. The second kappa shape index (κ2) is 7.31. The number of benzene rings is 1. The maximum absolute atomic E-state index is 14.6. The number of halogens is 4. The number of pyridine rings is 1. The molecule has 0 saturated carbocycles. The Labute approximate surface area is 160 Å². The highest BCUT2D eigenvalue weighted by Crippen LogP contribution is 2.29. The Morgan fingerprint density at radius 1 is 1.28 bits per heavy atom. The monoisotopic (exact) mass is 405 g/mol. The van der Waals surface area contributed by atoms with Crippen molar-refractivity contribution in [3.63, 3.8) is 0 Å². The first-order valence-corrected chi connectivity index (χ1v) is 8.07. The largest absolute Gasteiger partial charge is 0.355 e. The molecular weight excluding hydrogens is 394 g/mol. The van der Waals surface area contributed by atoms with Crippen LogP contribution in [0, 0.1) is 23.0 Å². The van der Waals surface area contributed by atoms with Crippen LogP contribution in [0.15, 0.2) is 35.4 Å². The van der Waals surface area contributed by atoms with Crippen LogP contribution in [0.3, 0.4) is 0 Å². The summed E-state index contributed by atoms with van der Waals surface area (Å²) in [4.78, 5) is 33.7. The third-order valence-electron chi connectivity index (χ3n) is 4.07. The SMILES string of the molecule is C[C@H](NC(=O)C(F)(F)c1cc2c(F)c(F)ccc2[nH]c1=O)c1ncc(C#N)cn1. The van der Waals surface area contributed by atoms with Gasteiger partial charge in [-0.2, -0.15) is 14.0 Å². The highest BCUT2D eigenvalue weighted by atomic mass is 19.3. The summed E-state index contributed by atoms with van der Waals surface area (Å²) in [5.41, 5.74) is -2.74. The van der Waals surface area contributed by atoms with Crippen molar-refractivity contribution < 1.29 is 22.4 Å². The van der Waals surface area contributed by atoms with Crippen LogP contribution in [0.25, 0.3) is 10.9 Å². The predicted molar refractivity (Wildman–Crippen MR) is 91.7 cm³/mol. The second-order valence-electron chi connectivity index (χ2n) is 6.05. The van der Waals surface area contributed by atoms with Crippen LogP contribution in [0.4, 0.5) is 17.6 Å². The van der Waals surface area contributed by atoms with E-state index in [9.17, 15) is 27.2 Å². The number of nitrogens with one attached hydrogen (secondary N) is 2. The van der Waals surface area contributed by atoms with E-state index in [4.69, 9.17) is 5.26 Å². The van der Waals surface area contributed by atoms with Crippen LogP contribution < -0.4 is 10.9 Å². The molecule has 0 spiro atoms. The van der Waals surface area contributed by atoms with Gasteiger partial charge in [-0.1, -0.05) is 0 Å². The van der Waals surface area contributed by atoms with Crippen molar-refractivity contribution in [1.29, 1.82) is 5.26 Å². The van der Waals surface area contributed by atoms with Gasteiger partial charge in [-0.25, -0.2) is 18.7 Å². The number of fused-ring (bicyclic) bond motifs is 1. The highest BCUT2D eigenvalue weighted by Gasteiger charge is 2.44. The lowest BCUT2D eigenvalue weighted by Gasteiger charge is -2.19. The first-order chi connectivity index (χ1) is 13.6. The Morgan fingerprint density at radius 3 is 2.55 bits per heavy atom. The van der Waals surface area contributed by atoms with Crippen molar-refractivity contribution in [2.24, 2.45) is 0 Å². The summed E-state index contributed by atoms with van der Waals surface area (Å²) in [6.07, 6.45) is 2.29. The molecule has 0 unspecified atom stereocenters. The van der Waals surface area contributed by atoms with E-state index in [1.54, 1.807) is 6.07 Å². The van der Waals surface area contributed by atoms with E-state index in [2.05, 4.69) is 9.97 Å². The third kappa shape index (κ3) is 3.64. The smallest absolute Gasteiger partial charge is 0.341 e. The zero-order chi connectivity index (χ0) is 21.3. The molecule has 0 aliphatic carbocycles. The minimum Gasteiger partial charge on any atom is -0.341 e. The molecule has 2 aromatic heterocycles. The van der Waals surface area contributed by atoms with Crippen LogP contribution in [0.5, 0.6) is 0 Å². The molecule has 0 fully saturated rings. The summed E-state index contributed by atoms with van der Waals surface area (Å²) >= 11 is 0. The number of rotatable bonds is 4. The summed E-state index contributed by atoms with van der Waals surface area (Å²) in [7, 11) is 0. The van der Waals surface area contributed by atoms with Gasteiger partial charge in [0.2, 0.25) is 0 Å². The molecule has 0 saturated heterocycles. The number of nitriles is 1. The Hall–Kier alpha value is -3.81. The van der Waals surface area contributed by atoms with Crippen molar-refractivity contribution >= 4 is 16.8 Å². The molecule has 2 N–H and O–H groups in total. The molecule has 7 nitrogen and oxygen atoms in total. The van der Waals surface area contributed by atoms with E-state index in [0.717, 1.165) is 24.5 Å². The van der Waals surface area contributed by atoms with Crippen molar-refractivity contribution in [2.75, 3.05) is 0 Å². The maximum Gasteiger partial charge on any atom is 0.355 e. The van der Waals surface area contributed by atoms with Crippen LogP contribution in [-0.4, -0.2) is 20.9 Å². The highest BCUT2D eigenvalue weighted by molar-refractivity contribution is 5.87. The molecule has 2 heterocycles. The van der Waals surface area contributed by atoms with Crippen molar-refractivity contribution in [3.8, 4) is 6.07 Å². The van der Waals surface area contributed by atoms with Crippen LogP contribution in [0.2, 0.25) is 0 Å². The van der Waals surface area contributed by atoms with E-state index in [1.165, 1.54) is 6.92 Å². The third-order valence-corrected chi connectivity index (χ3v) is 4.07. The lowest BCUT2D eigenvalue weighted by atomic mass is 10.1. The normalized spacial score (nSPS) is 12.4. The van der Waals surface area contributed by atoms with Gasteiger partial charge in [-0.3, -0.25) is 9.59 Å². The summed E-state index contributed by atoms with van der Waals surface area (Å²) in [5, 5.41) is 10.1. The first-order valence-electron chi connectivity index (χ1n) is 8.07. The van der Waals surface area contributed by atoms with Gasteiger partial charge in [0.05, 0.1) is 22.7 Å². The summed E-state index contributed by atoms with van der Waals surface area (Å²) in [6, 6.07) is 2.88. The average molecular weight is 405 g/mol. The quantitative estimate of drug-likeness (QED) is 0.648. The molecule has 0 bridgehead atoms. The number of amides is 1. The zero-order valence-electron chi connectivity index (χ0n) is 14.6. The minimum atomic E-state index is -4.36. The lowest BCUT2D eigenvalue weighted by molar-refractivity contribution is -0.148. The molecule has 3 aromatic rings. The Kier molecular flexibility index (Phi) is 5.02. The van der Waals surface area contributed by atoms with Gasteiger partial charge in [-0.15, -0.1) is 0 Å². The van der Waals surface area contributed by atoms with E-state index in [0.29, 0.717) is 6.07 Å². The van der Waals surface area contributed by atoms with Crippen molar-refractivity contribution in [3.05, 3.63) is 69.5 Å². The Morgan fingerprint density at radius 2 is 1.93 bits per heavy atom. The van der Waals surface area contributed by atoms with Crippen LogP contribution >= 0.6 is 0 Å². The molecule has 1 aromatic carbocycles. The maximum atomic E-state index is 14.6. The van der Waals surface area contributed by atoms with Gasteiger partial charge in [0.15, 0.2) is 11.6 Å². The van der Waals surface area contributed by atoms with E-state index < -0.39 is 46.0 Å². The van der Waals surface area contributed by atoms with Crippen LogP contribution in [0.1, 0.15) is 29.9 Å². The van der Waals surface area contributed by atoms with E-state index in [1.807, 2.05) is 10.3 Å². The molecule has 1 atom stereocenters. The molecule has 0 aliphatic heterocycles. The fourth-order valence-electron chi connectivity index (χ4n) is 2.54. The molecular formula is C18H11F4N5O2. The number of H-pyrrole nitrogens is 1. The number of alkyl halides is 2. The van der Waals surface area contributed by atoms with Gasteiger partial charge in [0.25, 0.3) is 11.5 Å². The Bertz CT molecular complexity index is 1200. The van der Waals surface area contributed by atoms with E-state index in [-0.39, 0.29) is 16.9 Å². The molecule has 1 amide bonds. The number of hydrogen-bond donors (Lipinski definition) is 2.